The Hall–Kier alpha value is -0.160. The Labute approximate surface area is 79.7 Å². The molecular formula is C9H20N2O2. The molecule has 2 unspecified atom stereocenters. The summed E-state index contributed by atoms with van der Waals surface area (Å²) in [4.78, 5) is 0. The van der Waals surface area contributed by atoms with Crippen molar-refractivity contribution < 1.29 is 9.47 Å². The van der Waals surface area contributed by atoms with Gasteiger partial charge >= 0.3 is 0 Å². The van der Waals surface area contributed by atoms with E-state index in [1.54, 1.807) is 7.11 Å². The second kappa shape index (κ2) is 6.32. The Morgan fingerprint density at radius 3 is 3.08 bits per heavy atom. The maximum Gasteiger partial charge on any atom is 0.0509 e. The molecule has 0 aliphatic carbocycles. The van der Waals surface area contributed by atoms with Gasteiger partial charge in [-0.25, -0.2) is 0 Å². The first-order chi connectivity index (χ1) is 6.38. The van der Waals surface area contributed by atoms with Crippen molar-refractivity contribution in [2.24, 2.45) is 11.8 Å². The lowest BCUT2D eigenvalue weighted by atomic mass is 9.92. The highest BCUT2D eigenvalue weighted by Gasteiger charge is 2.22. The Bertz CT molecular complexity index is 127. The highest BCUT2D eigenvalue weighted by Crippen LogP contribution is 2.18. The summed E-state index contributed by atoms with van der Waals surface area (Å²) in [6.07, 6.45) is 3.31. The lowest BCUT2D eigenvalue weighted by Crippen LogP contribution is -2.44. The van der Waals surface area contributed by atoms with E-state index in [2.05, 4.69) is 5.43 Å². The van der Waals surface area contributed by atoms with Crippen LogP contribution in [0.2, 0.25) is 0 Å². The fourth-order valence-electron chi connectivity index (χ4n) is 1.78. The van der Waals surface area contributed by atoms with Gasteiger partial charge in [0.2, 0.25) is 0 Å². The molecule has 0 radical (unpaired) electrons. The molecule has 1 aliphatic heterocycles. The van der Waals surface area contributed by atoms with Crippen molar-refractivity contribution >= 4 is 0 Å². The van der Waals surface area contributed by atoms with Gasteiger partial charge in [0.15, 0.2) is 0 Å². The maximum atomic E-state index is 5.48. The van der Waals surface area contributed by atoms with Crippen molar-refractivity contribution in [1.29, 1.82) is 0 Å². The highest BCUT2D eigenvalue weighted by molar-refractivity contribution is 4.76. The molecule has 4 nitrogen and oxygen atoms in total. The second-order valence-corrected chi connectivity index (χ2v) is 3.53. The maximum absolute atomic E-state index is 5.48. The molecule has 13 heavy (non-hydrogen) atoms. The number of ether oxygens (including phenoxy) is 2. The minimum Gasteiger partial charge on any atom is -0.385 e. The van der Waals surface area contributed by atoms with Crippen LogP contribution in [0.4, 0.5) is 0 Å². The smallest absolute Gasteiger partial charge is 0.0509 e. The quantitative estimate of drug-likeness (QED) is 0.480. The summed E-state index contributed by atoms with van der Waals surface area (Å²) < 4.78 is 10.4. The average Bonchev–Trinajstić information content (AvgIpc) is 2.21. The number of hydrogen-bond acceptors (Lipinski definition) is 4. The summed E-state index contributed by atoms with van der Waals surface area (Å²) in [5, 5.41) is 0. The molecule has 0 saturated carbocycles. The first-order valence-corrected chi connectivity index (χ1v) is 4.91. The molecule has 0 aromatic heterocycles. The van der Waals surface area contributed by atoms with Crippen LogP contribution in [0.25, 0.3) is 0 Å². The van der Waals surface area contributed by atoms with E-state index in [1.807, 2.05) is 0 Å². The Balaban J connectivity index is 2.26. The van der Waals surface area contributed by atoms with Gasteiger partial charge in [0.1, 0.15) is 0 Å². The molecule has 4 heteroatoms. The van der Waals surface area contributed by atoms with Crippen LogP contribution in [0.5, 0.6) is 0 Å². The Morgan fingerprint density at radius 1 is 1.69 bits per heavy atom. The van der Waals surface area contributed by atoms with Gasteiger partial charge in [-0.1, -0.05) is 0 Å². The van der Waals surface area contributed by atoms with Crippen LogP contribution in [0.1, 0.15) is 19.3 Å². The first-order valence-electron chi connectivity index (χ1n) is 4.91. The van der Waals surface area contributed by atoms with Crippen LogP contribution in [-0.4, -0.2) is 33.0 Å². The first kappa shape index (κ1) is 10.9. The van der Waals surface area contributed by atoms with E-state index in [0.29, 0.717) is 12.0 Å². The number of hydrogen-bond donors (Lipinski definition) is 2. The zero-order chi connectivity index (χ0) is 9.52. The number of rotatable bonds is 5. The van der Waals surface area contributed by atoms with Crippen molar-refractivity contribution in [1.82, 2.24) is 5.43 Å². The Kier molecular flexibility index (Phi) is 5.31. The minimum absolute atomic E-state index is 0.334. The molecule has 0 amide bonds. The van der Waals surface area contributed by atoms with Gasteiger partial charge in [-0.3, -0.25) is 11.3 Å². The van der Waals surface area contributed by atoms with Gasteiger partial charge in [-0.15, -0.1) is 0 Å². The molecular weight excluding hydrogens is 168 g/mol. The normalized spacial score (nSPS) is 25.8. The molecule has 2 atom stereocenters. The van der Waals surface area contributed by atoms with Crippen LogP contribution in [0, 0.1) is 5.92 Å². The van der Waals surface area contributed by atoms with Crippen LogP contribution in [0.15, 0.2) is 0 Å². The third-order valence-electron chi connectivity index (χ3n) is 2.61. The molecule has 1 aliphatic rings. The predicted molar refractivity (Wildman–Crippen MR) is 51.1 cm³/mol. The van der Waals surface area contributed by atoms with Crippen LogP contribution in [0.3, 0.4) is 0 Å². The highest BCUT2D eigenvalue weighted by atomic mass is 16.5. The molecule has 1 fully saturated rings. The van der Waals surface area contributed by atoms with Gasteiger partial charge in [-0.05, 0) is 25.2 Å². The number of nitrogens with two attached hydrogens (primary N) is 1. The van der Waals surface area contributed by atoms with E-state index in [1.165, 1.54) is 6.42 Å². The van der Waals surface area contributed by atoms with E-state index in [-0.39, 0.29) is 0 Å². The molecule has 1 saturated heterocycles. The molecule has 78 valence electrons. The zero-order valence-corrected chi connectivity index (χ0v) is 8.29. The van der Waals surface area contributed by atoms with Gasteiger partial charge in [-0.2, -0.15) is 0 Å². The minimum atomic E-state index is 0.334. The topological polar surface area (TPSA) is 56.5 Å². The predicted octanol–water partition coefficient (Wildman–Crippen LogP) is 0.281. The van der Waals surface area contributed by atoms with E-state index in [0.717, 1.165) is 32.7 Å². The third-order valence-corrected chi connectivity index (χ3v) is 2.61. The van der Waals surface area contributed by atoms with E-state index >= 15 is 0 Å². The van der Waals surface area contributed by atoms with Crippen molar-refractivity contribution in [2.75, 3.05) is 26.9 Å². The van der Waals surface area contributed by atoms with E-state index in [9.17, 15) is 0 Å². The van der Waals surface area contributed by atoms with Crippen molar-refractivity contribution in [2.45, 2.75) is 25.3 Å². The van der Waals surface area contributed by atoms with Crippen molar-refractivity contribution in [3.8, 4) is 0 Å². The lowest BCUT2D eigenvalue weighted by molar-refractivity contribution is 0.0333. The van der Waals surface area contributed by atoms with Crippen molar-refractivity contribution in [3.05, 3.63) is 0 Å². The molecule has 1 rings (SSSR count). The van der Waals surface area contributed by atoms with Crippen LogP contribution in [-0.2, 0) is 9.47 Å². The summed E-state index contributed by atoms with van der Waals surface area (Å²) in [5.74, 6) is 6.03. The molecule has 0 aromatic carbocycles. The van der Waals surface area contributed by atoms with E-state index in [4.69, 9.17) is 15.3 Å². The fourth-order valence-corrected chi connectivity index (χ4v) is 1.78. The standard InChI is InChI=1S/C9H20N2O2/c1-12-6-4-9(11-10)8-3-2-5-13-7-8/h8-9,11H,2-7,10H2,1H3. The lowest BCUT2D eigenvalue weighted by Gasteiger charge is -2.29. The molecule has 0 aromatic rings. The molecule has 0 spiro atoms. The fraction of sp³-hybridized carbons (Fsp3) is 1.00. The number of nitrogens with one attached hydrogen (secondary N) is 1. The molecule has 0 bridgehead atoms. The zero-order valence-electron chi connectivity index (χ0n) is 8.29. The SMILES string of the molecule is COCCC(NN)C1CCCOC1. The molecule has 3 N–H and O–H groups in total. The van der Waals surface area contributed by atoms with Gasteiger partial charge < -0.3 is 9.47 Å². The van der Waals surface area contributed by atoms with Crippen LogP contribution < -0.4 is 11.3 Å². The third kappa shape index (κ3) is 3.60. The summed E-state index contributed by atoms with van der Waals surface area (Å²) in [6.45, 7) is 2.49. The largest absolute Gasteiger partial charge is 0.385 e. The second-order valence-electron chi connectivity index (χ2n) is 3.53. The average molecular weight is 188 g/mol. The summed E-state index contributed by atoms with van der Waals surface area (Å²) in [6, 6.07) is 0.334. The van der Waals surface area contributed by atoms with Gasteiger partial charge in [0.05, 0.1) is 6.61 Å². The Morgan fingerprint density at radius 2 is 2.54 bits per heavy atom. The van der Waals surface area contributed by atoms with E-state index < -0.39 is 0 Å². The van der Waals surface area contributed by atoms with Gasteiger partial charge in [0, 0.05) is 26.4 Å². The summed E-state index contributed by atoms with van der Waals surface area (Å²) in [5.41, 5.74) is 2.85. The summed E-state index contributed by atoms with van der Waals surface area (Å²) >= 11 is 0. The summed E-state index contributed by atoms with van der Waals surface area (Å²) in [7, 11) is 1.71. The van der Waals surface area contributed by atoms with Crippen LogP contribution >= 0.6 is 0 Å². The number of methoxy groups -OCH3 is 1. The molecule has 1 heterocycles. The van der Waals surface area contributed by atoms with Crippen molar-refractivity contribution in [3.63, 3.8) is 0 Å². The number of hydrazine groups is 1. The monoisotopic (exact) mass is 188 g/mol. The van der Waals surface area contributed by atoms with Gasteiger partial charge in [0.25, 0.3) is 0 Å².